The molecule has 3 aromatic rings. The Kier molecular flexibility index (Phi) is 5.81. The van der Waals surface area contributed by atoms with Gasteiger partial charge in [0.1, 0.15) is 0 Å². The van der Waals surface area contributed by atoms with Crippen LogP contribution < -0.4 is 5.56 Å². The van der Waals surface area contributed by atoms with Gasteiger partial charge in [0.15, 0.2) is 5.16 Å². The summed E-state index contributed by atoms with van der Waals surface area (Å²) in [5, 5.41) is 0.790. The molecule has 2 aliphatic rings. The average molecular weight is 443 g/mol. The zero-order valence-electron chi connectivity index (χ0n) is 18.8. The molecule has 2 aromatic carbocycles. The first-order chi connectivity index (χ1) is 15.6. The standard InChI is InChI=1S/C28H30N2OS/c1-3-16-30-26(31)24-25(29-27(30)32-19-21-11-9-10-20(2)17-21)23-13-6-5-12-22(23)18-28(24)14-7-4-8-15-28/h3,5-6,9-13,17H,1,4,7-8,14-16,18-19H2,2H3. The topological polar surface area (TPSA) is 34.9 Å². The Hall–Kier alpha value is -2.59. The average Bonchev–Trinajstić information content (AvgIpc) is 2.80. The van der Waals surface area contributed by atoms with Crippen LogP contribution in [0.4, 0.5) is 0 Å². The quantitative estimate of drug-likeness (QED) is 0.258. The highest BCUT2D eigenvalue weighted by molar-refractivity contribution is 7.98. The molecule has 0 N–H and O–H groups in total. The number of rotatable bonds is 5. The van der Waals surface area contributed by atoms with Crippen molar-refractivity contribution >= 4 is 11.8 Å². The Morgan fingerprint density at radius 1 is 1.12 bits per heavy atom. The van der Waals surface area contributed by atoms with E-state index in [9.17, 15) is 4.79 Å². The zero-order valence-corrected chi connectivity index (χ0v) is 19.6. The van der Waals surface area contributed by atoms with E-state index in [2.05, 4.69) is 62.0 Å². The molecule has 164 valence electrons. The number of fused-ring (bicyclic) bond motifs is 4. The Morgan fingerprint density at radius 3 is 2.72 bits per heavy atom. The first kappa shape index (κ1) is 21.3. The number of hydrogen-bond acceptors (Lipinski definition) is 3. The van der Waals surface area contributed by atoms with Crippen molar-refractivity contribution in [1.82, 2.24) is 9.55 Å². The Balaban J connectivity index is 1.66. The monoisotopic (exact) mass is 442 g/mol. The van der Waals surface area contributed by atoms with Gasteiger partial charge in [-0.05, 0) is 37.3 Å². The van der Waals surface area contributed by atoms with Crippen LogP contribution in [-0.2, 0) is 24.1 Å². The molecule has 4 heteroatoms. The molecule has 32 heavy (non-hydrogen) atoms. The lowest BCUT2D eigenvalue weighted by atomic mass is 9.62. The number of hydrogen-bond donors (Lipinski definition) is 0. The van der Waals surface area contributed by atoms with Crippen LogP contribution in [0, 0.1) is 6.92 Å². The fourth-order valence-electron chi connectivity index (χ4n) is 5.57. The summed E-state index contributed by atoms with van der Waals surface area (Å²) in [6, 6.07) is 17.1. The lowest BCUT2D eigenvalue weighted by molar-refractivity contribution is 0.282. The number of aryl methyl sites for hydroxylation is 1. The second kappa shape index (κ2) is 8.74. The van der Waals surface area contributed by atoms with E-state index in [1.807, 2.05) is 10.6 Å². The maximum atomic E-state index is 14.0. The van der Waals surface area contributed by atoms with Gasteiger partial charge in [-0.25, -0.2) is 4.98 Å². The first-order valence-corrected chi connectivity index (χ1v) is 12.6. The molecular formula is C28H30N2OS. The van der Waals surface area contributed by atoms with Crippen LogP contribution in [0.1, 0.15) is 54.4 Å². The summed E-state index contributed by atoms with van der Waals surface area (Å²) in [6.07, 6.45) is 8.56. The predicted octanol–water partition coefficient (Wildman–Crippen LogP) is 6.46. The summed E-state index contributed by atoms with van der Waals surface area (Å²) >= 11 is 1.65. The molecule has 1 fully saturated rings. The Bertz CT molecular complexity index is 1220. The smallest absolute Gasteiger partial charge is 0.258 e. The van der Waals surface area contributed by atoms with E-state index >= 15 is 0 Å². The summed E-state index contributed by atoms with van der Waals surface area (Å²) < 4.78 is 1.86. The molecule has 0 amide bonds. The number of allylic oxidation sites excluding steroid dienone is 1. The van der Waals surface area contributed by atoms with Crippen LogP contribution >= 0.6 is 11.8 Å². The Morgan fingerprint density at radius 2 is 1.94 bits per heavy atom. The van der Waals surface area contributed by atoms with E-state index in [0.29, 0.717) is 6.54 Å². The van der Waals surface area contributed by atoms with Gasteiger partial charge >= 0.3 is 0 Å². The largest absolute Gasteiger partial charge is 0.283 e. The van der Waals surface area contributed by atoms with Crippen molar-refractivity contribution in [3.63, 3.8) is 0 Å². The molecule has 1 heterocycles. The molecule has 3 nitrogen and oxygen atoms in total. The van der Waals surface area contributed by atoms with Crippen LogP contribution in [0.25, 0.3) is 11.3 Å². The summed E-state index contributed by atoms with van der Waals surface area (Å²) in [5.41, 5.74) is 6.91. The summed E-state index contributed by atoms with van der Waals surface area (Å²) in [4.78, 5) is 19.2. The van der Waals surface area contributed by atoms with Gasteiger partial charge in [0.25, 0.3) is 5.56 Å². The van der Waals surface area contributed by atoms with Crippen molar-refractivity contribution in [3.05, 3.63) is 93.8 Å². The second-order valence-corrected chi connectivity index (χ2v) is 10.2. The van der Waals surface area contributed by atoms with Crippen LogP contribution in [0.2, 0.25) is 0 Å². The van der Waals surface area contributed by atoms with Gasteiger partial charge < -0.3 is 0 Å². The van der Waals surface area contributed by atoms with E-state index in [-0.39, 0.29) is 11.0 Å². The van der Waals surface area contributed by atoms with Crippen molar-refractivity contribution in [2.45, 2.75) is 68.3 Å². The van der Waals surface area contributed by atoms with E-state index in [4.69, 9.17) is 4.98 Å². The fourth-order valence-corrected chi connectivity index (χ4v) is 6.52. The highest BCUT2D eigenvalue weighted by Crippen LogP contribution is 2.48. The molecular weight excluding hydrogens is 412 g/mol. The normalized spacial score (nSPS) is 16.4. The fraction of sp³-hybridized carbons (Fsp3) is 0.357. The van der Waals surface area contributed by atoms with Gasteiger partial charge in [-0.2, -0.15) is 0 Å². The van der Waals surface area contributed by atoms with Gasteiger partial charge in [-0.3, -0.25) is 9.36 Å². The van der Waals surface area contributed by atoms with Crippen LogP contribution in [0.3, 0.4) is 0 Å². The minimum Gasteiger partial charge on any atom is -0.283 e. The number of thioether (sulfide) groups is 1. The van der Waals surface area contributed by atoms with Crippen LogP contribution in [0.15, 0.2) is 71.1 Å². The third-order valence-electron chi connectivity index (χ3n) is 7.04. The highest BCUT2D eigenvalue weighted by atomic mass is 32.2. The van der Waals surface area contributed by atoms with Gasteiger partial charge in [0, 0.05) is 23.3 Å². The molecule has 0 bridgehead atoms. The number of benzene rings is 2. The van der Waals surface area contributed by atoms with E-state index < -0.39 is 0 Å². The molecule has 1 spiro atoms. The predicted molar refractivity (Wildman–Crippen MR) is 133 cm³/mol. The maximum absolute atomic E-state index is 14.0. The molecule has 0 aliphatic heterocycles. The third kappa shape index (κ3) is 3.75. The molecule has 2 aliphatic carbocycles. The molecule has 1 aromatic heterocycles. The molecule has 0 saturated heterocycles. The molecule has 5 rings (SSSR count). The van der Waals surface area contributed by atoms with E-state index in [1.165, 1.54) is 36.0 Å². The van der Waals surface area contributed by atoms with Gasteiger partial charge in [-0.15, -0.1) is 6.58 Å². The van der Waals surface area contributed by atoms with Crippen molar-refractivity contribution in [3.8, 4) is 11.3 Å². The van der Waals surface area contributed by atoms with E-state index in [0.717, 1.165) is 47.0 Å². The summed E-state index contributed by atoms with van der Waals surface area (Å²) in [7, 11) is 0. The maximum Gasteiger partial charge on any atom is 0.258 e. The lowest BCUT2D eigenvalue weighted by Gasteiger charge is -2.42. The van der Waals surface area contributed by atoms with Gasteiger partial charge in [0.05, 0.1) is 11.3 Å². The van der Waals surface area contributed by atoms with Crippen molar-refractivity contribution < 1.29 is 0 Å². The minimum atomic E-state index is -0.0747. The molecule has 0 radical (unpaired) electrons. The molecule has 0 atom stereocenters. The summed E-state index contributed by atoms with van der Waals surface area (Å²) in [5.74, 6) is 0.789. The summed E-state index contributed by atoms with van der Waals surface area (Å²) in [6.45, 7) is 6.53. The highest BCUT2D eigenvalue weighted by Gasteiger charge is 2.43. The van der Waals surface area contributed by atoms with E-state index in [1.54, 1.807) is 11.8 Å². The second-order valence-electron chi connectivity index (χ2n) is 9.28. The number of aromatic nitrogens is 2. The van der Waals surface area contributed by atoms with Gasteiger partial charge in [0.2, 0.25) is 0 Å². The van der Waals surface area contributed by atoms with Crippen molar-refractivity contribution in [2.75, 3.05) is 0 Å². The SMILES string of the molecule is C=CCn1c(SCc2cccc(C)c2)nc2c(c1=O)C1(CCCCC1)Cc1ccccc1-2. The van der Waals surface area contributed by atoms with Crippen LogP contribution in [0.5, 0.6) is 0 Å². The van der Waals surface area contributed by atoms with Crippen molar-refractivity contribution in [2.24, 2.45) is 0 Å². The number of nitrogens with zero attached hydrogens (tertiary/aromatic N) is 2. The van der Waals surface area contributed by atoms with Crippen molar-refractivity contribution in [1.29, 1.82) is 0 Å². The Labute approximate surface area is 194 Å². The van der Waals surface area contributed by atoms with Gasteiger partial charge in [-0.1, -0.05) is 91.2 Å². The zero-order chi connectivity index (χ0) is 22.1. The first-order valence-electron chi connectivity index (χ1n) is 11.6. The molecule has 1 saturated carbocycles. The van der Waals surface area contributed by atoms with Crippen LogP contribution in [-0.4, -0.2) is 9.55 Å². The lowest BCUT2D eigenvalue weighted by Crippen LogP contribution is -2.43. The third-order valence-corrected chi connectivity index (χ3v) is 8.09. The minimum absolute atomic E-state index is 0.0747. The molecule has 0 unspecified atom stereocenters.